The third-order valence-electron chi connectivity index (χ3n) is 3.40. The minimum Gasteiger partial charge on any atom is -0.493 e. The summed E-state index contributed by atoms with van der Waals surface area (Å²) in [5.74, 6) is 1.14. The lowest BCUT2D eigenvalue weighted by molar-refractivity contribution is 0.169. The zero-order valence-electron chi connectivity index (χ0n) is 11.9. The van der Waals surface area contributed by atoms with Gasteiger partial charge in [0.25, 0.3) is 0 Å². The standard InChI is InChI=1S/C14H22ClNO3/c1-5-14(2,9-17)16-8-10-6-7-11(18-3)13(19-4)12(10)15/h6-7,16-17H,5,8-9H2,1-4H3. The van der Waals surface area contributed by atoms with Crippen LogP contribution in [0.5, 0.6) is 11.5 Å². The highest BCUT2D eigenvalue weighted by Crippen LogP contribution is 2.37. The molecule has 1 aromatic carbocycles. The van der Waals surface area contributed by atoms with Crippen LogP contribution in [-0.4, -0.2) is 31.5 Å². The molecule has 1 unspecified atom stereocenters. The zero-order chi connectivity index (χ0) is 14.5. The molecule has 0 fully saturated rings. The van der Waals surface area contributed by atoms with Crippen LogP contribution >= 0.6 is 11.6 Å². The second-order valence-electron chi connectivity index (χ2n) is 4.70. The Kier molecular flexibility index (Phi) is 5.91. The molecule has 108 valence electrons. The van der Waals surface area contributed by atoms with Gasteiger partial charge in [-0.25, -0.2) is 0 Å². The van der Waals surface area contributed by atoms with Crippen molar-refractivity contribution in [2.45, 2.75) is 32.4 Å². The number of rotatable bonds is 7. The van der Waals surface area contributed by atoms with E-state index in [0.29, 0.717) is 23.1 Å². The first-order valence-electron chi connectivity index (χ1n) is 6.26. The fraction of sp³-hybridized carbons (Fsp3) is 0.571. The van der Waals surface area contributed by atoms with E-state index in [-0.39, 0.29) is 12.1 Å². The van der Waals surface area contributed by atoms with Gasteiger partial charge in [-0.15, -0.1) is 0 Å². The molecule has 0 aliphatic carbocycles. The maximum Gasteiger partial charge on any atom is 0.179 e. The van der Waals surface area contributed by atoms with Gasteiger partial charge in [-0.2, -0.15) is 0 Å². The van der Waals surface area contributed by atoms with E-state index in [9.17, 15) is 5.11 Å². The van der Waals surface area contributed by atoms with Crippen molar-refractivity contribution in [1.82, 2.24) is 5.32 Å². The summed E-state index contributed by atoms with van der Waals surface area (Å²) in [6.45, 7) is 4.64. The summed E-state index contributed by atoms with van der Waals surface area (Å²) in [5, 5.41) is 13.2. The molecular formula is C14H22ClNO3. The van der Waals surface area contributed by atoms with Crippen molar-refractivity contribution in [2.75, 3.05) is 20.8 Å². The van der Waals surface area contributed by atoms with E-state index >= 15 is 0 Å². The van der Waals surface area contributed by atoms with Crippen molar-refractivity contribution in [3.8, 4) is 11.5 Å². The summed E-state index contributed by atoms with van der Waals surface area (Å²) in [5.41, 5.74) is 0.601. The SMILES string of the molecule is CCC(C)(CO)NCc1ccc(OC)c(OC)c1Cl. The quantitative estimate of drug-likeness (QED) is 0.809. The van der Waals surface area contributed by atoms with Crippen LogP contribution in [-0.2, 0) is 6.54 Å². The molecule has 0 saturated heterocycles. The molecule has 0 heterocycles. The van der Waals surface area contributed by atoms with Gasteiger partial charge in [0.2, 0.25) is 0 Å². The van der Waals surface area contributed by atoms with Crippen molar-refractivity contribution in [3.05, 3.63) is 22.7 Å². The molecule has 0 spiro atoms. The van der Waals surface area contributed by atoms with Crippen molar-refractivity contribution >= 4 is 11.6 Å². The number of aliphatic hydroxyl groups excluding tert-OH is 1. The Morgan fingerprint density at radius 3 is 2.47 bits per heavy atom. The minimum absolute atomic E-state index is 0.0778. The number of nitrogens with one attached hydrogen (secondary N) is 1. The number of ether oxygens (including phenoxy) is 2. The molecule has 0 aliphatic heterocycles. The molecule has 2 N–H and O–H groups in total. The van der Waals surface area contributed by atoms with E-state index < -0.39 is 0 Å². The summed E-state index contributed by atoms with van der Waals surface area (Å²) >= 11 is 6.30. The van der Waals surface area contributed by atoms with Crippen LogP contribution in [0.2, 0.25) is 5.02 Å². The zero-order valence-corrected chi connectivity index (χ0v) is 12.7. The summed E-state index contributed by atoms with van der Waals surface area (Å²) in [7, 11) is 3.14. The van der Waals surface area contributed by atoms with Crippen LogP contribution in [0.1, 0.15) is 25.8 Å². The minimum atomic E-state index is -0.309. The third kappa shape index (κ3) is 3.75. The topological polar surface area (TPSA) is 50.7 Å². The highest BCUT2D eigenvalue weighted by molar-refractivity contribution is 6.33. The fourth-order valence-corrected chi connectivity index (χ4v) is 1.97. The number of hydrogen-bond donors (Lipinski definition) is 2. The Bertz CT molecular complexity index is 419. The van der Waals surface area contributed by atoms with Gasteiger partial charge >= 0.3 is 0 Å². The Morgan fingerprint density at radius 1 is 1.32 bits per heavy atom. The smallest absolute Gasteiger partial charge is 0.179 e. The Hall–Kier alpha value is -0.970. The number of halogens is 1. The van der Waals surface area contributed by atoms with Gasteiger partial charge in [-0.05, 0) is 25.0 Å². The van der Waals surface area contributed by atoms with Crippen LogP contribution in [0, 0.1) is 0 Å². The van der Waals surface area contributed by atoms with Gasteiger partial charge in [0.15, 0.2) is 11.5 Å². The predicted octanol–water partition coefficient (Wildman–Crippen LogP) is 2.61. The summed E-state index contributed by atoms with van der Waals surface area (Å²) in [4.78, 5) is 0. The van der Waals surface area contributed by atoms with E-state index in [4.69, 9.17) is 21.1 Å². The molecule has 1 rings (SSSR count). The van der Waals surface area contributed by atoms with Gasteiger partial charge < -0.3 is 19.9 Å². The Labute approximate surface area is 119 Å². The summed E-state index contributed by atoms with van der Waals surface area (Å²) < 4.78 is 10.4. The highest BCUT2D eigenvalue weighted by Gasteiger charge is 2.21. The third-order valence-corrected chi connectivity index (χ3v) is 3.81. The number of aliphatic hydroxyl groups is 1. The van der Waals surface area contributed by atoms with E-state index in [2.05, 4.69) is 5.32 Å². The molecule has 4 nitrogen and oxygen atoms in total. The van der Waals surface area contributed by atoms with Crippen LogP contribution in [0.25, 0.3) is 0 Å². The lowest BCUT2D eigenvalue weighted by atomic mass is 10.00. The summed E-state index contributed by atoms with van der Waals surface area (Å²) in [6.07, 6.45) is 0.828. The molecule has 0 aliphatic rings. The molecule has 0 amide bonds. The average Bonchev–Trinajstić information content (AvgIpc) is 2.45. The second kappa shape index (κ2) is 6.98. The molecule has 0 saturated carbocycles. The van der Waals surface area contributed by atoms with Crippen LogP contribution in [0.3, 0.4) is 0 Å². The van der Waals surface area contributed by atoms with Gasteiger partial charge in [-0.3, -0.25) is 0 Å². The lowest BCUT2D eigenvalue weighted by Crippen LogP contribution is -2.44. The van der Waals surface area contributed by atoms with Gasteiger partial charge in [0, 0.05) is 12.1 Å². The molecule has 1 atom stereocenters. The molecule has 0 aromatic heterocycles. The molecule has 0 radical (unpaired) electrons. The van der Waals surface area contributed by atoms with Crippen molar-refractivity contribution in [1.29, 1.82) is 0 Å². The molecule has 5 heteroatoms. The molecule has 1 aromatic rings. The average molecular weight is 288 g/mol. The largest absolute Gasteiger partial charge is 0.493 e. The van der Waals surface area contributed by atoms with E-state index in [1.807, 2.05) is 26.0 Å². The van der Waals surface area contributed by atoms with Crippen LogP contribution in [0.15, 0.2) is 12.1 Å². The van der Waals surface area contributed by atoms with Crippen molar-refractivity contribution in [2.24, 2.45) is 0 Å². The normalized spacial score (nSPS) is 14.0. The second-order valence-corrected chi connectivity index (χ2v) is 5.08. The first kappa shape index (κ1) is 16.1. The Balaban J connectivity index is 2.91. The number of methoxy groups -OCH3 is 2. The van der Waals surface area contributed by atoms with E-state index in [0.717, 1.165) is 12.0 Å². The van der Waals surface area contributed by atoms with E-state index in [1.165, 1.54) is 0 Å². The maximum absolute atomic E-state index is 9.38. The number of benzene rings is 1. The number of hydrogen-bond acceptors (Lipinski definition) is 4. The fourth-order valence-electron chi connectivity index (χ4n) is 1.67. The van der Waals surface area contributed by atoms with Gasteiger partial charge in [0.05, 0.1) is 25.8 Å². The van der Waals surface area contributed by atoms with Gasteiger partial charge in [-0.1, -0.05) is 24.6 Å². The van der Waals surface area contributed by atoms with E-state index in [1.54, 1.807) is 14.2 Å². The lowest BCUT2D eigenvalue weighted by Gasteiger charge is -2.27. The van der Waals surface area contributed by atoms with Crippen molar-refractivity contribution < 1.29 is 14.6 Å². The maximum atomic E-state index is 9.38. The predicted molar refractivity (Wildman–Crippen MR) is 77.2 cm³/mol. The first-order chi connectivity index (χ1) is 9.01. The van der Waals surface area contributed by atoms with Gasteiger partial charge in [0.1, 0.15) is 0 Å². The highest BCUT2D eigenvalue weighted by atomic mass is 35.5. The van der Waals surface area contributed by atoms with Crippen LogP contribution < -0.4 is 14.8 Å². The summed E-state index contributed by atoms with van der Waals surface area (Å²) in [6, 6.07) is 3.72. The molecular weight excluding hydrogens is 266 g/mol. The molecule has 0 bridgehead atoms. The van der Waals surface area contributed by atoms with Crippen molar-refractivity contribution in [3.63, 3.8) is 0 Å². The monoisotopic (exact) mass is 287 g/mol. The molecule has 19 heavy (non-hydrogen) atoms. The van der Waals surface area contributed by atoms with Crippen LogP contribution in [0.4, 0.5) is 0 Å². The Morgan fingerprint density at radius 2 is 2.00 bits per heavy atom. The first-order valence-corrected chi connectivity index (χ1v) is 6.64.